The number of piperidine rings is 1. The van der Waals surface area contributed by atoms with Crippen molar-refractivity contribution in [2.45, 2.75) is 51.2 Å². The number of ether oxygens (including phenoxy) is 1. The van der Waals surface area contributed by atoms with E-state index in [1.807, 2.05) is 6.92 Å². The van der Waals surface area contributed by atoms with Crippen molar-refractivity contribution < 1.29 is 35.9 Å². The van der Waals surface area contributed by atoms with Crippen molar-refractivity contribution in [3.05, 3.63) is 58.6 Å². The van der Waals surface area contributed by atoms with E-state index in [-0.39, 0.29) is 30.3 Å². The number of alkyl halides is 6. The molecule has 3 heterocycles. The van der Waals surface area contributed by atoms with Crippen LogP contribution in [0.15, 0.2) is 36.8 Å². The summed E-state index contributed by atoms with van der Waals surface area (Å²) in [6.45, 7) is 2.97. The van der Waals surface area contributed by atoms with Gasteiger partial charge in [-0.25, -0.2) is 15.0 Å². The van der Waals surface area contributed by atoms with E-state index in [0.29, 0.717) is 29.2 Å². The minimum atomic E-state index is -4.68. The van der Waals surface area contributed by atoms with Crippen LogP contribution in [0.4, 0.5) is 26.3 Å². The van der Waals surface area contributed by atoms with Crippen molar-refractivity contribution in [3.8, 4) is 16.3 Å². The molecule has 210 valence electrons. The van der Waals surface area contributed by atoms with E-state index in [4.69, 9.17) is 4.74 Å². The first kappa shape index (κ1) is 28.7. The second kappa shape index (κ2) is 11.5. The molecule has 3 aromatic rings. The van der Waals surface area contributed by atoms with Crippen LogP contribution >= 0.6 is 11.3 Å². The van der Waals surface area contributed by atoms with Gasteiger partial charge >= 0.3 is 12.4 Å². The number of hydrogen-bond acceptors (Lipinski definition) is 7. The van der Waals surface area contributed by atoms with Gasteiger partial charge in [0.2, 0.25) is 5.82 Å². The van der Waals surface area contributed by atoms with E-state index < -0.39 is 36.7 Å². The zero-order chi connectivity index (χ0) is 28.4. The highest BCUT2D eigenvalue weighted by Crippen LogP contribution is 2.32. The molecule has 1 N–H and O–H groups in total. The van der Waals surface area contributed by atoms with E-state index in [9.17, 15) is 31.1 Å². The van der Waals surface area contributed by atoms with Crippen LogP contribution in [0.2, 0.25) is 0 Å². The summed E-state index contributed by atoms with van der Waals surface area (Å²) < 4.78 is 82.5. The first-order valence-corrected chi connectivity index (χ1v) is 12.8. The maximum absolute atomic E-state index is 13.1. The number of halogens is 6. The van der Waals surface area contributed by atoms with Crippen molar-refractivity contribution in [2.24, 2.45) is 0 Å². The minimum absolute atomic E-state index is 0.226. The zero-order valence-corrected chi connectivity index (χ0v) is 21.8. The summed E-state index contributed by atoms with van der Waals surface area (Å²) in [5, 5.41) is 3.38. The number of thiazole rings is 1. The number of likely N-dealkylation sites (tertiary alicyclic amines) is 1. The van der Waals surface area contributed by atoms with Gasteiger partial charge in [-0.1, -0.05) is 0 Å². The molecule has 1 aliphatic rings. The van der Waals surface area contributed by atoms with Crippen molar-refractivity contribution in [1.29, 1.82) is 0 Å². The molecule has 7 nitrogen and oxygen atoms in total. The lowest BCUT2D eigenvalue weighted by Crippen LogP contribution is -2.42. The van der Waals surface area contributed by atoms with Gasteiger partial charge in [-0.05, 0) is 44.9 Å². The first-order chi connectivity index (χ1) is 18.3. The molecule has 1 aliphatic heterocycles. The maximum Gasteiger partial charge on any atom is 0.451 e. The van der Waals surface area contributed by atoms with Gasteiger partial charge in [-0.3, -0.25) is 9.69 Å². The topological polar surface area (TPSA) is 80.2 Å². The largest absolute Gasteiger partial charge is 0.490 e. The Morgan fingerprint density at radius 3 is 2.31 bits per heavy atom. The Labute approximate surface area is 224 Å². The second-order valence-electron chi connectivity index (χ2n) is 9.26. The van der Waals surface area contributed by atoms with Crippen LogP contribution in [0.3, 0.4) is 0 Å². The monoisotopic (exact) mass is 573 g/mol. The number of amides is 1. The highest BCUT2D eigenvalue weighted by atomic mass is 32.1. The quantitative estimate of drug-likeness (QED) is 0.359. The molecular weight excluding hydrogens is 548 g/mol. The van der Waals surface area contributed by atoms with Crippen LogP contribution in [0.5, 0.6) is 5.75 Å². The summed E-state index contributed by atoms with van der Waals surface area (Å²) in [6.07, 6.45) is -4.78. The predicted molar refractivity (Wildman–Crippen MR) is 131 cm³/mol. The van der Waals surface area contributed by atoms with E-state index in [1.54, 1.807) is 25.3 Å². The zero-order valence-electron chi connectivity index (χ0n) is 20.9. The van der Waals surface area contributed by atoms with Crippen LogP contribution in [0, 0.1) is 6.92 Å². The third kappa shape index (κ3) is 7.88. The SMILES string of the molecule is Cc1cnc(-c2cc(OC3CCN(CC(F)(F)F)CC3)cc(C(=O)N[C@H](C)c3cnc(C(F)(F)F)nc3)c2)s1. The molecule has 0 bridgehead atoms. The molecule has 14 heteroatoms. The predicted octanol–water partition coefficient (Wildman–Crippen LogP) is 5.82. The number of carbonyl (C=O) groups excluding carboxylic acids is 1. The second-order valence-corrected chi connectivity index (χ2v) is 10.5. The summed E-state index contributed by atoms with van der Waals surface area (Å²) in [5.41, 5.74) is 1.13. The normalized spacial score (nSPS) is 16.2. The molecule has 39 heavy (non-hydrogen) atoms. The number of rotatable bonds is 7. The smallest absolute Gasteiger partial charge is 0.451 e. The summed E-state index contributed by atoms with van der Waals surface area (Å²) in [4.78, 5) is 26.5. The molecule has 1 atom stereocenters. The highest BCUT2D eigenvalue weighted by Gasteiger charge is 2.35. The number of nitrogens with one attached hydrogen (secondary N) is 1. The molecule has 1 amide bonds. The maximum atomic E-state index is 13.1. The van der Waals surface area contributed by atoms with Gasteiger partial charge in [0, 0.05) is 53.2 Å². The fraction of sp³-hybridized carbons (Fsp3) is 0.440. The summed E-state index contributed by atoms with van der Waals surface area (Å²) in [5.74, 6) is -1.42. The molecule has 0 saturated carbocycles. The molecule has 2 aromatic heterocycles. The van der Waals surface area contributed by atoms with Crippen molar-refractivity contribution >= 4 is 17.2 Å². The van der Waals surface area contributed by atoms with Crippen LogP contribution in [0.25, 0.3) is 10.6 Å². The Bertz CT molecular complexity index is 1290. The van der Waals surface area contributed by atoms with E-state index in [1.165, 1.54) is 22.3 Å². The standard InChI is InChI=1S/C25H25F6N5O2S/c1-14-10-32-22(39-14)17-7-16(21(37)35-15(2)18-11-33-23(34-12-18)25(29,30)31)8-20(9-17)38-19-3-5-36(6-4-19)13-24(26,27)28/h7-12,15,19H,3-6,13H2,1-2H3,(H,35,37)/t15-/m1/s1. The molecule has 0 unspecified atom stereocenters. The Kier molecular flexibility index (Phi) is 8.45. The first-order valence-electron chi connectivity index (χ1n) is 12.0. The third-order valence-electron chi connectivity index (χ3n) is 6.05. The Morgan fingerprint density at radius 1 is 1.08 bits per heavy atom. The van der Waals surface area contributed by atoms with Gasteiger partial charge in [0.25, 0.3) is 5.91 Å². The van der Waals surface area contributed by atoms with Crippen LogP contribution in [0.1, 0.15) is 52.4 Å². The Hall–Kier alpha value is -3.26. The van der Waals surface area contributed by atoms with Crippen LogP contribution < -0.4 is 10.1 Å². The number of carbonyl (C=O) groups is 1. The average molecular weight is 574 g/mol. The molecule has 1 saturated heterocycles. The van der Waals surface area contributed by atoms with Gasteiger partial charge in [0.1, 0.15) is 16.9 Å². The molecular formula is C25H25F6N5O2S. The summed E-state index contributed by atoms with van der Waals surface area (Å²) in [7, 11) is 0. The van der Waals surface area contributed by atoms with Gasteiger partial charge in [0.15, 0.2) is 0 Å². The average Bonchev–Trinajstić information content (AvgIpc) is 3.30. The van der Waals surface area contributed by atoms with Gasteiger partial charge in [0.05, 0.1) is 12.6 Å². The molecule has 0 spiro atoms. The third-order valence-corrected chi connectivity index (χ3v) is 7.01. The minimum Gasteiger partial charge on any atom is -0.490 e. The van der Waals surface area contributed by atoms with Gasteiger partial charge in [-0.15, -0.1) is 11.3 Å². The van der Waals surface area contributed by atoms with E-state index in [2.05, 4.69) is 20.3 Å². The Morgan fingerprint density at radius 2 is 1.74 bits per heavy atom. The van der Waals surface area contributed by atoms with E-state index in [0.717, 1.165) is 17.3 Å². The lowest BCUT2D eigenvalue weighted by molar-refractivity contribution is -0.149. The molecule has 1 fully saturated rings. The van der Waals surface area contributed by atoms with E-state index >= 15 is 0 Å². The van der Waals surface area contributed by atoms with Gasteiger partial charge < -0.3 is 10.1 Å². The molecule has 4 rings (SSSR count). The Balaban J connectivity index is 1.50. The lowest BCUT2D eigenvalue weighted by atomic mass is 10.1. The number of benzene rings is 1. The summed E-state index contributed by atoms with van der Waals surface area (Å²) >= 11 is 1.42. The molecule has 0 aliphatic carbocycles. The number of hydrogen-bond donors (Lipinski definition) is 1. The van der Waals surface area contributed by atoms with Crippen LogP contribution in [-0.2, 0) is 6.18 Å². The summed E-state index contributed by atoms with van der Waals surface area (Å²) in [6, 6.07) is 4.18. The van der Waals surface area contributed by atoms with Crippen molar-refractivity contribution in [3.63, 3.8) is 0 Å². The lowest BCUT2D eigenvalue weighted by Gasteiger charge is -2.32. The van der Waals surface area contributed by atoms with Crippen LogP contribution in [-0.4, -0.2) is 57.7 Å². The van der Waals surface area contributed by atoms with Crippen molar-refractivity contribution in [2.75, 3.05) is 19.6 Å². The fourth-order valence-electron chi connectivity index (χ4n) is 4.11. The number of nitrogens with zero attached hydrogens (tertiary/aromatic N) is 4. The highest BCUT2D eigenvalue weighted by molar-refractivity contribution is 7.14. The number of aromatic nitrogens is 3. The van der Waals surface area contributed by atoms with Gasteiger partial charge in [-0.2, -0.15) is 26.3 Å². The fourth-order valence-corrected chi connectivity index (χ4v) is 4.86. The molecule has 0 radical (unpaired) electrons. The van der Waals surface area contributed by atoms with Crippen molar-refractivity contribution in [1.82, 2.24) is 25.2 Å². The number of aryl methyl sites for hydroxylation is 1. The molecule has 1 aromatic carbocycles.